The second-order valence-electron chi connectivity index (χ2n) is 5.03. The van der Waals surface area contributed by atoms with E-state index in [1.54, 1.807) is 0 Å². The second-order valence-corrected chi connectivity index (χ2v) is 5.44. The average molecular weight is 253 g/mol. The molecule has 0 spiro atoms. The highest BCUT2D eigenvalue weighted by Gasteiger charge is 2.23. The molecule has 0 saturated heterocycles. The quantitative estimate of drug-likeness (QED) is 0.785. The van der Waals surface area contributed by atoms with E-state index in [2.05, 4.69) is 17.9 Å². The van der Waals surface area contributed by atoms with Gasteiger partial charge in [-0.15, -0.1) is 0 Å². The van der Waals surface area contributed by atoms with E-state index in [9.17, 15) is 0 Å². The van der Waals surface area contributed by atoms with Gasteiger partial charge in [-0.25, -0.2) is 0 Å². The topological polar surface area (TPSA) is 29.3 Å². The van der Waals surface area contributed by atoms with Gasteiger partial charge in [0, 0.05) is 13.1 Å². The molecular formula is C14H21ClN2. The number of benzene rings is 1. The lowest BCUT2D eigenvalue weighted by molar-refractivity contribution is 0.255. The first-order valence-electron chi connectivity index (χ1n) is 6.45. The van der Waals surface area contributed by atoms with Gasteiger partial charge in [0.05, 0.1) is 10.7 Å². The van der Waals surface area contributed by atoms with Crippen molar-refractivity contribution in [3.05, 3.63) is 28.8 Å². The fraction of sp³-hybridized carbons (Fsp3) is 0.571. The van der Waals surface area contributed by atoms with Crippen LogP contribution >= 0.6 is 11.6 Å². The summed E-state index contributed by atoms with van der Waals surface area (Å²) < 4.78 is 0. The second kappa shape index (κ2) is 5.74. The molecule has 0 aliphatic heterocycles. The fourth-order valence-corrected chi connectivity index (χ4v) is 2.28. The predicted octanol–water partition coefficient (Wildman–Crippen LogP) is 3.54. The van der Waals surface area contributed by atoms with Crippen molar-refractivity contribution in [2.24, 2.45) is 5.92 Å². The molecule has 1 aliphatic rings. The summed E-state index contributed by atoms with van der Waals surface area (Å²) in [4.78, 5) is 2.53. The third kappa shape index (κ3) is 3.90. The highest BCUT2D eigenvalue weighted by Crippen LogP contribution is 2.30. The Bertz CT molecular complexity index is 374. The lowest BCUT2D eigenvalue weighted by atomic mass is 10.2. The van der Waals surface area contributed by atoms with Crippen LogP contribution in [-0.4, -0.2) is 18.0 Å². The zero-order valence-electron chi connectivity index (χ0n) is 10.5. The van der Waals surface area contributed by atoms with Crippen molar-refractivity contribution in [3.63, 3.8) is 0 Å². The van der Waals surface area contributed by atoms with Gasteiger partial charge >= 0.3 is 0 Å². The summed E-state index contributed by atoms with van der Waals surface area (Å²) in [6, 6.07) is 5.97. The lowest BCUT2D eigenvalue weighted by Crippen LogP contribution is -2.26. The van der Waals surface area contributed by atoms with Gasteiger partial charge in [0.2, 0.25) is 0 Å². The van der Waals surface area contributed by atoms with Crippen molar-refractivity contribution in [3.8, 4) is 0 Å². The van der Waals surface area contributed by atoms with Gasteiger partial charge in [-0.3, -0.25) is 4.90 Å². The molecule has 0 unspecified atom stereocenters. The summed E-state index contributed by atoms with van der Waals surface area (Å²) in [6.45, 7) is 5.62. The van der Waals surface area contributed by atoms with E-state index in [4.69, 9.17) is 17.3 Å². The normalized spacial score (nSPS) is 15.5. The molecule has 1 aromatic rings. The molecule has 0 amide bonds. The Labute approximate surface area is 109 Å². The molecule has 3 heteroatoms. The van der Waals surface area contributed by atoms with Crippen LogP contribution in [0.25, 0.3) is 0 Å². The number of halogens is 1. The lowest BCUT2D eigenvalue weighted by Gasteiger charge is -2.21. The van der Waals surface area contributed by atoms with Crippen LogP contribution in [0.4, 0.5) is 5.69 Å². The number of hydrogen-bond acceptors (Lipinski definition) is 2. The molecular weight excluding hydrogens is 232 g/mol. The number of nitrogen functional groups attached to an aromatic ring is 1. The smallest absolute Gasteiger partial charge is 0.0635 e. The Hall–Kier alpha value is -0.730. The summed E-state index contributed by atoms with van der Waals surface area (Å²) >= 11 is 5.93. The van der Waals surface area contributed by atoms with Gasteiger partial charge < -0.3 is 5.73 Å². The molecule has 0 aromatic heterocycles. The molecule has 94 valence electrons. The van der Waals surface area contributed by atoms with Crippen LogP contribution in [0.3, 0.4) is 0 Å². The minimum atomic E-state index is 0.651. The zero-order chi connectivity index (χ0) is 12.3. The maximum atomic E-state index is 5.93. The third-order valence-corrected chi connectivity index (χ3v) is 3.56. The van der Waals surface area contributed by atoms with Crippen molar-refractivity contribution >= 4 is 17.3 Å². The van der Waals surface area contributed by atoms with Gasteiger partial charge in [-0.1, -0.05) is 24.6 Å². The van der Waals surface area contributed by atoms with Crippen molar-refractivity contribution in [1.82, 2.24) is 4.90 Å². The van der Waals surface area contributed by atoms with E-state index >= 15 is 0 Å². The van der Waals surface area contributed by atoms with Crippen LogP contribution in [0.5, 0.6) is 0 Å². The molecule has 2 N–H and O–H groups in total. The van der Waals surface area contributed by atoms with Crippen LogP contribution < -0.4 is 5.73 Å². The first kappa shape index (κ1) is 12.7. The first-order chi connectivity index (χ1) is 8.19. The van der Waals surface area contributed by atoms with Crippen LogP contribution in [0.1, 0.15) is 31.7 Å². The molecule has 17 heavy (non-hydrogen) atoms. The number of anilines is 1. The average Bonchev–Trinajstić information content (AvgIpc) is 3.08. The third-order valence-electron chi connectivity index (χ3n) is 3.22. The van der Waals surface area contributed by atoms with Crippen molar-refractivity contribution in [2.45, 2.75) is 32.7 Å². The van der Waals surface area contributed by atoms with Gasteiger partial charge in [0.25, 0.3) is 0 Å². The van der Waals surface area contributed by atoms with E-state index in [1.165, 1.54) is 37.9 Å². The molecule has 0 atom stereocenters. The first-order valence-corrected chi connectivity index (χ1v) is 6.83. The van der Waals surface area contributed by atoms with Crippen molar-refractivity contribution < 1.29 is 0 Å². The molecule has 1 aromatic carbocycles. The van der Waals surface area contributed by atoms with Crippen molar-refractivity contribution in [2.75, 3.05) is 18.8 Å². The summed E-state index contributed by atoms with van der Waals surface area (Å²) in [7, 11) is 0. The molecule has 0 bridgehead atoms. The number of rotatable bonds is 6. The highest BCUT2D eigenvalue weighted by molar-refractivity contribution is 6.33. The summed E-state index contributed by atoms with van der Waals surface area (Å²) in [5, 5.41) is 0.651. The monoisotopic (exact) mass is 252 g/mol. The number of nitrogens with zero attached hydrogens (tertiary/aromatic N) is 1. The molecule has 2 rings (SSSR count). The number of nitrogens with two attached hydrogens (primary N) is 1. The molecule has 1 fully saturated rings. The van der Waals surface area contributed by atoms with E-state index in [1.807, 2.05) is 12.1 Å². The molecule has 2 nitrogen and oxygen atoms in total. The van der Waals surface area contributed by atoms with Crippen LogP contribution in [0, 0.1) is 5.92 Å². The summed E-state index contributed by atoms with van der Waals surface area (Å²) in [6.07, 6.45) is 4.02. The zero-order valence-corrected chi connectivity index (χ0v) is 11.2. The van der Waals surface area contributed by atoms with Crippen LogP contribution in [0.15, 0.2) is 18.2 Å². The molecule has 0 radical (unpaired) electrons. The maximum absolute atomic E-state index is 5.93. The standard InChI is InChI=1S/C14H21ClN2/c1-2-7-17(9-11-3-4-11)10-12-5-6-13(15)14(16)8-12/h5-6,8,11H,2-4,7,9-10,16H2,1H3. The van der Waals surface area contributed by atoms with E-state index in [0.717, 1.165) is 12.5 Å². The van der Waals surface area contributed by atoms with Crippen LogP contribution in [0.2, 0.25) is 5.02 Å². The van der Waals surface area contributed by atoms with Gasteiger partial charge in [-0.05, 0) is 49.4 Å². The summed E-state index contributed by atoms with van der Waals surface area (Å²) in [5.41, 5.74) is 7.79. The molecule has 1 aliphatic carbocycles. The largest absolute Gasteiger partial charge is 0.398 e. The minimum absolute atomic E-state index is 0.651. The Morgan fingerprint density at radius 2 is 2.18 bits per heavy atom. The minimum Gasteiger partial charge on any atom is -0.398 e. The van der Waals surface area contributed by atoms with E-state index in [0.29, 0.717) is 10.7 Å². The Balaban J connectivity index is 1.97. The Kier molecular flexibility index (Phi) is 4.30. The van der Waals surface area contributed by atoms with E-state index in [-0.39, 0.29) is 0 Å². The maximum Gasteiger partial charge on any atom is 0.0635 e. The van der Waals surface area contributed by atoms with Crippen molar-refractivity contribution in [1.29, 1.82) is 0 Å². The summed E-state index contributed by atoms with van der Waals surface area (Å²) in [5.74, 6) is 0.936. The van der Waals surface area contributed by atoms with Crippen LogP contribution in [-0.2, 0) is 6.54 Å². The Morgan fingerprint density at radius 1 is 1.41 bits per heavy atom. The highest BCUT2D eigenvalue weighted by atomic mass is 35.5. The van der Waals surface area contributed by atoms with Gasteiger partial charge in [0.1, 0.15) is 0 Å². The number of hydrogen-bond donors (Lipinski definition) is 1. The van der Waals surface area contributed by atoms with Gasteiger partial charge in [-0.2, -0.15) is 0 Å². The Morgan fingerprint density at radius 3 is 2.76 bits per heavy atom. The molecule has 0 heterocycles. The SMILES string of the molecule is CCCN(Cc1ccc(Cl)c(N)c1)CC1CC1. The molecule has 1 saturated carbocycles. The van der Waals surface area contributed by atoms with E-state index < -0.39 is 0 Å². The predicted molar refractivity (Wildman–Crippen MR) is 74.2 cm³/mol. The fourth-order valence-electron chi connectivity index (χ4n) is 2.17. The van der Waals surface area contributed by atoms with Gasteiger partial charge in [0.15, 0.2) is 0 Å².